The van der Waals surface area contributed by atoms with Gasteiger partial charge in [-0.05, 0) is 29.8 Å². The highest BCUT2D eigenvalue weighted by Gasteiger charge is 1.98. The van der Waals surface area contributed by atoms with Crippen LogP contribution in [0, 0.1) is 11.3 Å². The standard InChI is InChI=1S/C14H12N2O/c15-9-11-3-1-4-12(7-11)10-17-14-6-2-5-13(16)8-14/h1-8H,10,16H2. The molecule has 0 aliphatic heterocycles. The topological polar surface area (TPSA) is 59.0 Å². The van der Waals surface area contributed by atoms with Crippen molar-refractivity contribution in [2.45, 2.75) is 6.61 Å². The SMILES string of the molecule is N#Cc1cccc(COc2cccc(N)c2)c1. The summed E-state index contributed by atoms with van der Waals surface area (Å²) in [5, 5.41) is 8.78. The fourth-order valence-electron chi connectivity index (χ4n) is 1.50. The van der Waals surface area contributed by atoms with Gasteiger partial charge >= 0.3 is 0 Å². The number of nitrogens with zero attached hydrogens (tertiary/aromatic N) is 1. The lowest BCUT2D eigenvalue weighted by atomic mass is 10.1. The predicted molar refractivity (Wildman–Crippen MR) is 66.3 cm³/mol. The molecule has 0 aliphatic carbocycles. The fraction of sp³-hybridized carbons (Fsp3) is 0.0714. The van der Waals surface area contributed by atoms with Gasteiger partial charge in [-0.25, -0.2) is 0 Å². The Morgan fingerprint density at radius 3 is 2.71 bits per heavy atom. The van der Waals surface area contributed by atoms with Crippen molar-refractivity contribution < 1.29 is 4.74 Å². The molecule has 0 unspecified atom stereocenters. The first-order valence-corrected chi connectivity index (χ1v) is 5.25. The van der Waals surface area contributed by atoms with Crippen LogP contribution in [-0.2, 0) is 6.61 Å². The van der Waals surface area contributed by atoms with Crippen LogP contribution in [0.4, 0.5) is 5.69 Å². The molecule has 3 heteroatoms. The van der Waals surface area contributed by atoms with Gasteiger partial charge in [0.05, 0.1) is 11.6 Å². The smallest absolute Gasteiger partial charge is 0.121 e. The van der Waals surface area contributed by atoms with E-state index in [9.17, 15) is 0 Å². The Bertz CT molecular complexity index is 558. The van der Waals surface area contributed by atoms with E-state index in [1.807, 2.05) is 36.4 Å². The number of rotatable bonds is 3. The van der Waals surface area contributed by atoms with E-state index in [-0.39, 0.29) is 0 Å². The van der Waals surface area contributed by atoms with Crippen LogP contribution < -0.4 is 10.5 Å². The van der Waals surface area contributed by atoms with E-state index in [0.717, 1.165) is 11.3 Å². The zero-order chi connectivity index (χ0) is 12.1. The van der Waals surface area contributed by atoms with Crippen molar-refractivity contribution in [3.8, 4) is 11.8 Å². The number of anilines is 1. The molecule has 0 aliphatic rings. The highest BCUT2D eigenvalue weighted by atomic mass is 16.5. The average Bonchev–Trinajstić information content (AvgIpc) is 2.37. The molecule has 0 saturated heterocycles. The summed E-state index contributed by atoms with van der Waals surface area (Å²) in [5.41, 5.74) is 7.93. The molecule has 2 rings (SSSR count). The monoisotopic (exact) mass is 224 g/mol. The Balaban J connectivity index is 2.05. The molecule has 3 nitrogen and oxygen atoms in total. The van der Waals surface area contributed by atoms with Crippen LogP contribution in [-0.4, -0.2) is 0 Å². The van der Waals surface area contributed by atoms with E-state index >= 15 is 0 Å². The van der Waals surface area contributed by atoms with E-state index in [4.69, 9.17) is 15.7 Å². The molecular formula is C14H12N2O. The van der Waals surface area contributed by atoms with E-state index in [1.54, 1.807) is 12.1 Å². The molecular weight excluding hydrogens is 212 g/mol. The van der Waals surface area contributed by atoms with Crippen molar-refractivity contribution in [3.63, 3.8) is 0 Å². The molecule has 17 heavy (non-hydrogen) atoms. The van der Waals surface area contributed by atoms with Gasteiger partial charge in [-0.2, -0.15) is 5.26 Å². The molecule has 0 fully saturated rings. The molecule has 2 N–H and O–H groups in total. The summed E-state index contributed by atoms with van der Waals surface area (Å²) < 4.78 is 5.58. The normalized spacial score (nSPS) is 9.59. The van der Waals surface area contributed by atoms with Gasteiger partial charge in [-0.3, -0.25) is 0 Å². The highest BCUT2D eigenvalue weighted by Crippen LogP contribution is 2.16. The minimum absolute atomic E-state index is 0.430. The molecule has 0 bridgehead atoms. The Kier molecular flexibility index (Phi) is 3.27. The van der Waals surface area contributed by atoms with E-state index in [1.165, 1.54) is 0 Å². The van der Waals surface area contributed by atoms with Crippen LogP contribution in [0.2, 0.25) is 0 Å². The lowest BCUT2D eigenvalue weighted by Crippen LogP contribution is -1.96. The molecule has 2 aromatic rings. The molecule has 2 aromatic carbocycles. The lowest BCUT2D eigenvalue weighted by molar-refractivity contribution is 0.306. The van der Waals surface area contributed by atoms with Crippen LogP contribution in [0.3, 0.4) is 0 Å². The maximum absolute atomic E-state index is 8.78. The second-order valence-corrected chi connectivity index (χ2v) is 3.67. The van der Waals surface area contributed by atoms with Gasteiger partial charge in [0.25, 0.3) is 0 Å². The van der Waals surface area contributed by atoms with Crippen molar-refractivity contribution in [1.29, 1.82) is 5.26 Å². The van der Waals surface area contributed by atoms with Gasteiger partial charge < -0.3 is 10.5 Å². The number of nitrogen functional groups attached to an aromatic ring is 1. The lowest BCUT2D eigenvalue weighted by Gasteiger charge is -2.06. The van der Waals surface area contributed by atoms with Crippen LogP contribution in [0.25, 0.3) is 0 Å². The third-order valence-corrected chi connectivity index (χ3v) is 2.32. The first kappa shape index (κ1) is 11.0. The second kappa shape index (κ2) is 5.04. The van der Waals surface area contributed by atoms with E-state index in [0.29, 0.717) is 17.9 Å². The number of hydrogen-bond donors (Lipinski definition) is 1. The van der Waals surface area contributed by atoms with Crippen LogP contribution in [0.5, 0.6) is 5.75 Å². The quantitative estimate of drug-likeness (QED) is 0.815. The fourth-order valence-corrected chi connectivity index (χ4v) is 1.50. The molecule has 0 heterocycles. The highest BCUT2D eigenvalue weighted by molar-refractivity contribution is 5.43. The zero-order valence-corrected chi connectivity index (χ0v) is 9.26. The summed E-state index contributed by atoms with van der Waals surface area (Å²) in [6.07, 6.45) is 0. The Morgan fingerprint density at radius 2 is 1.94 bits per heavy atom. The molecule has 0 aromatic heterocycles. The summed E-state index contributed by atoms with van der Waals surface area (Å²) in [7, 11) is 0. The minimum atomic E-state index is 0.430. The number of nitrogens with two attached hydrogens (primary N) is 1. The van der Waals surface area contributed by atoms with Crippen molar-refractivity contribution in [2.75, 3.05) is 5.73 Å². The van der Waals surface area contributed by atoms with Gasteiger partial charge in [0.1, 0.15) is 12.4 Å². The van der Waals surface area contributed by atoms with Gasteiger partial charge in [0, 0.05) is 11.8 Å². The Morgan fingerprint density at radius 1 is 1.12 bits per heavy atom. The van der Waals surface area contributed by atoms with Crippen molar-refractivity contribution >= 4 is 5.69 Å². The number of nitriles is 1. The van der Waals surface area contributed by atoms with E-state index in [2.05, 4.69) is 6.07 Å². The summed E-state index contributed by atoms with van der Waals surface area (Å²) in [6, 6.07) is 16.7. The molecule has 0 radical (unpaired) electrons. The zero-order valence-electron chi connectivity index (χ0n) is 9.26. The first-order valence-electron chi connectivity index (χ1n) is 5.25. The van der Waals surface area contributed by atoms with Gasteiger partial charge in [-0.15, -0.1) is 0 Å². The molecule has 0 saturated carbocycles. The van der Waals surface area contributed by atoms with Crippen LogP contribution >= 0.6 is 0 Å². The van der Waals surface area contributed by atoms with Crippen molar-refractivity contribution in [3.05, 3.63) is 59.7 Å². The Hall–Kier alpha value is -2.47. The summed E-state index contributed by atoms with van der Waals surface area (Å²) >= 11 is 0. The minimum Gasteiger partial charge on any atom is -0.489 e. The van der Waals surface area contributed by atoms with Gasteiger partial charge in [-0.1, -0.05) is 18.2 Å². The van der Waals surface area contributed by atoms with Crippen molar-refractivity contribution in [1.82, 2.24) is 0 Å². The summed E-state index contributed by atoms with van der Waals surface area (Å²) in [4.78, 5) is 0. The molecule has 0 amide bonds. The van der Waals surface area contributed by atoms with E-state index < -0.39 is 0 Å². The third-order valence-electron chi connectivity index (χ3n) is 2.32. The average molecular weight is 224 g/mol. The van der Waals surface area contributed by atoms with Gasteiger partial charge in [0.15, 0.2) is 0 Å². The number of ether oxygens (including phenoxy) is 1. The number of hydrogen-bond acceptors (Lipinski definition) is 3. The molecule has 0 atom stereocenters. The van der Waals surface area contributed by atoms with Crippen molar-refractivity contribution in [2.24, 2.45) is 0 Å². The van der Waals surface area contributed by atoms with Gasteiger partial charge in [0.2, 0.25) is 0 Å². The number of benzene rings is 2. The van der Waals surface area contributed by atoms with Crippen LogP contribution in [0.1, 0.15) is 11.1 Å². The Labute approximate surface area is 100 Å². The third kappa shape index (κ3) is 2.99. The second-order valence-electron chi connectivity index (χ2n) is 3.67. The maximum atomic E-state index is 8.78. The molecule has 0 spiro atoms. The summed E-state index contributed by atoms with van der Waals surface area (Å²) in [6.45, 7) is 0.430. The largest absolute Gasteiger partial charge is 0.489 e. The predicted octanol–water partition coefficient (Wildman–Crippen LogP) is 2.72. The van der Waals surface area contributed by atoms with Crippen LogP contribution in [0.15, 0.2) is 48.5 Å². The maximum Gasteiger partial charge on any atom is 0.121 e. The molecule has 84 valence electrons. The summed E-state index contributed by atoms with van der Waals surface area (Å²) in [5.74, 6) is 0.729. The first-order chi connectivity index (χ1) is 8.28.